The molecule has 0 aliphatic heterocycles. The van der Waals surface area contributed by atoms with Crippen LogP contribution < -0.4 is 0 Å². The number of aliphatic carboxylic acids is 1. The molecule has 1 aromatic carbocycles. The lowest BCUT2D eigenvalue weighted by Crippen LogP contribution is -2.17. The van der Waals surface area contributed by atoms with Gasteiger partial charge in [-0.15, -0.1) is 0 Å². The summed E-state index contributed by atoms with van der Waals surface area (Å²) in [5, 5.41) is 9.00. The van der Waals surface area contributed by atoms with E-state index < -0.39 is 17.8 Å². The lowest BCUT2D eigenvalue weighted by molar-refractivity contribution is -0.139. The van der Waals surface area contributed by atoms with Crippen molar-refractivity contribution in [2.75, 3.05) is 0 Å². The van der Waals surface area contributed by atoms with Gasteiger partial charge in [-0.25, -0.2) is 0 Å². The van der Waals surface area contributed by atoms with Crippen molar-refractivity contribution in [3.63, 3.8) is 0 Å². The van der Waals surface area contributed by atoms with E-state index in [1.54, 1.807) is 31.2 Å². The summed E-state index contributed by atoms with van der Waals surface area (Å²) in [6.45, 7) is 5.67. The van der Waals surface area contributed by atoms with Crippen LogP contribution in [0.5, 0.6) is 0 Å². The Morgan fingerprint density at radius 3 is 2.38 bits per heavy atom. The largest absolute Gasteiger partial charge is 0.481 e. The van der Waals surface area contributed by atoms with Crippen LogP contribution in [-0.4, -0.2) is 16.9 Å². The smallest absolute Gasteiger partial charge is 0.311 e. The van der Waals surface area contributed by atoms with Crippen molar-refractivity contribution in [2.24, 2.45) is 5.92 Å². The van der Waals surface area contributed by atoms with E-state index >= 15 is 0 Å². The number of benzene rings is 1. The van der Waals surface area contributed by atoms with Crippen LogP contribution in [0.2, 0.25) is 0 Å². The lowest BCUT2D eigenvalue weighted by Gasteiger charge is -2.08. The molecule has 16 heavy (non-hydrogen) atoms. The number of hydrogen-bond donors (Lipinski definition) is 1. The van der Waals surface area contributed by atoms with Crippen LogP contribution in [0.4, 0.5) is 0 Å². The van der Waals surface area contributed by atoms with Crippen molar-refractivity contribution in [2.45, 2.75) is 26.7 Å². The number of ketones is 1. The first kappa shape index (κ1) is 12.4. The van der Waals surface area contributed by atoms with Gasteiger partial charge in [0.05, 0.1) is 5.92 Å². The first-order valence-corrected chi connectivity index (χ1v) is 5.49. The second-order valence-electron chi connectivity index (χ2n) is 3.56. The summed E-state index contributed by atoms with van der Waals surface area (Å²) in [6.07, 6.45) is 0. The number of carbonyl (C=O) groups excluding carboxylic acids is 1. The molecule has 0 spiro atoms. The van der Waals surface area contributed by atoms with Crippen molar-refractivity contribution in [3.05, 3.63) is 35.4 Å². The molecule has 0 aromatic heterocycles. The predicted molar refractivity (Wildman–Crippen MR) is 61.7 cm³/mol. The van der Waals surface area contributed by atoms with Crippen molar-refractivity contribution in [1.29, 1.82) is 0 Å². The summed E-state index contributed by atoms with van der Waals surface area (Å²) < 4.78 is 0. The van der Waals surface area contributed by atoms with Crippen molar-refractivity contribution in [1.82, 2.24) is 0 Å². The second kappa shape index (κ2) is 4.92. The number of carboxylic acid groups (broad SMARTS) is 1. The highest BCUT2D eigenvalue weighted by molar-refractivity contribution is 6.07. The summed E-state index contributed by atoms with van der Waals surface area (Å²) in [5.74, 6) is -2.09. The van der Waals surface area contributed by atoms with E-state index in [1.165, 1.54) is 0 Å². The fraction of sp³-hybridized carbons (Fsp3) is 0.385. The second-order valence-corrected chi connectivity index (χ2v) is 3.56. The Balaban J connectivity index is 0.000000606. The Morgan fingerprint density at radius 1 is 1.25 bits per heavy atom. The zero-order chi connectivity index (χ0) is 12.3. The molecule has 1 N–H and O–H groups in total. The molecule has 3 heteroatoms. The van der Waals surface area contributed by atoms with E-state index in [0.29, 0.717) is 11.1 Å². The standard InChI is InChI=1S/C11H10O3.C2H6/c1-6-9(11(13)14)7-4-2-3-5-8(7)10(6)12;1-2/h2-6,9H,1H3,(H,13,14);1-2H3. The predicted octanol–water partition coefficient (Wildman–Crippen LogP) is 2.71. The molecule has 0 saturated heterocycles. The molecule has 2 atom stereocenters. The summed E-state index contributed by atoms with van der Waals surface area (Å²) in [4.78, 5) is 22.6. The van der Waals surface area contributed by atoms with E-state index in [4.69, 9.17) is 5.11 Å². The highest BCUT2D eigenvalue weighted by Gasteiger charge is 2.40. The van der Waals surface area contributed by atoms with Gasteiger partial charge < -0.3 is 5.11 Å². The van der Waals surface area contributed by atoms with E-state index in [2.05, 4.69) is 0 Å². The maximum absolute atomic E-state index is 11.6. The third kappa shape index (κ3) is 1.85. The molecule has 1 aromatic rings. The van der Waals surface area contributed by atoms with Crippen LogP contribution in [0.15, 0.2) is 24.3 Å². The maximum atomic E-state index is 11.6. The Hall–Kier alpha value is -1.64. The first-order valence-electron chi connectivity index (χ1n) is 5.49. The molecular formula is C13H16O3. The highest BCUT2D eigenvalue weighted by atomic mass is 16.4. The number of Topliss-reactive ketones (excluding diaryl/α,β-unsaturated/α-hetero) is 1. The molecule has 0 bridgehead atoms. The molecule has 1 aliphatic carbocycles. The molecule has 0 radical (unpaired) electrons. The molecule has 1 aliphatic rings. The van der Waals surface area contributed by atoms with Crippen molar-refractivity contribution in [3.8, 4) is 0 Å². The van der Waals surface area contributed by atoms with Gasteiger partial charge in [-0.2, -0.15) is 0 Å². The maximum Gasteiger partial charge on any atom is 0.311 e. The number of rotatable bonds is 1. The molecule has 3 nitrogen and oxygen atoms in total. The first-order chi connectivity index (χ1) is 7.63. The van der Waals surface area contributed by atoms with E-state index in [9.17, 15) is 9.59 Å². The van der Waals surface area contributed by atoms with E-state index in [-0.39, 0.29) is 5.78 Å². The van der Waals surface area contributed by atoms with E-state index in [0.717, 1.165) is 0 Å². The molecule has 0 saturated carbocycles. The fourth-order valence-electron chi connectivity index (χ4n) is 2.01. The summed E-state index contributed by atoms with van der Waals surface area (Å²) in [5.41, 5.74) is 1.21. The zero-order valence-corrected chi connectivity index (χ0v) is 9.73. The molecule has 0 fully saturated rings. The quantitative estimate of drug-likeness (QED) is 0.791. The minimum atomic E-state index is -0.921. The SMILES string of the molecule is CC.CC1C(=O)c2ccccc2C1C(=O)O. The van der Waals surface area contributed by atoms with E-state index in [1.807, 2.05) is 13.8 Å². The molecule has 0 amide bonds. The van der Waals surface area contributed by atoms with Gasteiger partial charge in [-0.1, -0.05) is 45.0 Å². The fourth-order valence-corrected chi connectivity index (χ4v) is 2.01. The van der Waals surface area contributed by atoms with Gasteiger partial charge >= 0.3 is 5.97 Å². The Kier molecular flexibility index (Phi) is 3.82. The van der Waals surface area contributed by atoms with Gasteiger partial charge in [0.2, 0.25) is 0 Å². The molecule has 2 rings (SSSR count). The van der Waals surface area contributed by atoms with Crippen LogP contribution in [0.3, 0.4) is 0 Å². The van der Waals surface area contributed by atoms with Gasteiger partial charge in [0.15, 0.2) is 5.78 Å². The highest BCUT2D eigenvalue weighted by Crippen LogP contribution is 2.37. The van der Waals surface area contributed by atoms with Crippen LogP contribution in [0.1, 0.15) is 42.6 Å². The summed E-state index contributed by atoms with van der Waals surface area (Å²) in [6, 6.07) is 6.93. The van der Waals surface area contributed by atoms with Gasteiger partial charge in [-0.05, 0) is 5.56 Å². The van der Waals surface area contributed by atoms with Crippen LogP contribution in [0.25, 0.3) is 0 Å². The topological polar surface area (TPSA) is 54.4 Å². The summed E-state index contributed by atoms with van der Waals surface area (Å²) in [7, 11) is 0. The lowest BCUT2D eigenvalue weighted by atomic mass is 9.94. The average molecular weight is 220 g/mol. The van der Waals surface area contributed by atoms with Crippen LogP contribution in [-0.2, 0) is 4.79 Å². The Labute approximate surface area is 95.1 Å². The number of hydrogen-bond acceptors (Lipinski definition) is 2. The van der Waals surface area contributed by atoms with Gasteiger partial charge in [-0.3, -0.25) is 9.59 Å². The van der Waals surface area contributed by atoms with Crippen LogP contribution >= 0.6 is 0 Å². The zero-order valence-electron chi connectivity index (χ0n) is 9.73. The van der Waals surface area contributed by atoms with Crippen molar-refractivity contribution < 1.29 is 14.7 Å². The molecule has 2 unspecified atom stereocenters. The number of fused-ring (bicyclic) bond motifs is 1. The molecule has 86 valence electrons. The molecular weight excluding hydrogens is 204 g/mol. The monoisotopic (exact) mass is 220 g/mol. The molecule has 0 heterocycles. The average Bonchev–Trinajstić information content (AvgIpc) is 2.55. The van der Waals surface area contributed by atoms with Gasteiger partial charge in [0, 0.05) is 11.5 Å². The summed E-state index contributed by atoms with van der Waals surface area (Å²) >= 11 is 0. The van der Waals surface area contributed by atoms with Crippen LogP contribution in [0, 0.1) is 5.92 Å². The minimum Gasteiger partial charge on any atom is -0.481 e. The Bertz CT molecular complexity index is 409. The number of carbonyl (C=O) groups is 2. The van der Waals surface area contributed by atoms with Gasteiger partial charge in [0.25, 0.3) is 0 Å². The minimum absolute atomic E-state index is 0.0620. The van der Waals surface area contributed by atoms with Gasteiger partial charge in [0.1, 0.15) is 0 Å². The third-order valence-electron chi connectivity index (χ3n) is 2.74. The normalized spacial score (nSPS) is 22.1. The Morgan fingerprint density at radius 2 is 1.81 bits per heavy atom. The van der Waals surface area contributed by atoms with Crippen molar-refractivity contribution >= 4 is 11.8 Å². The number of carboxylic acids is 1. The third-order valence-corrected chi connectivity index (χ3v) is 2.74.